The molecular formula is C41H49N5O8. The molecule has 0 aliphatic carbocycles. The van der Waals surface area contributed by atoms with Crippen LogP contribution in [0, 0.1) is 5.92 Å². The highest BCUT2D eigenvalue weighted by Crippen LogP contribution is 2.30. The van der Waals surface area contributed by atoms with Crippen molar-refractivity contribution in [3.05, 3.63) is 87.5 Å². The highest BCUT2D eigenvalue weighted by Gasteiger charge is 2.36. The predicted molar refractivity (Wildman–Crippen MR) is 204 cm³/mol. The molecule has 7 rings (SSSR count). The number of nitrogens with zero attached hydrogens (tertiary/aromatic N) is 5. The highest BCUT2D eigenvalue weighted by atomic mass is 16.5. The molecular weight excluding hydrogens is 690 g/mol. The van der Waals surface area contributed by atoms with Gasteiger partial charge in [-0.15, -0.1) is 0 Å². The lowest BCUT2D eigenvalue weighted by Crippen LogP contribution is -2.44. The van der Waals surface area contributed by atoms with E-state index in [0.717, 1.165) is 44.0 Å². The molecule has 2 fully saturated rings. The van der Waals surface area contributed by atoms with Gasteiger partial charge in [-0.3, -0.25) is 28.8 Å². The minimum atomic E-state index is -0.386. The third kappa shape index (κ3) is 7.94. The van der Waals surface area contributed by atoms with Crippen molar-refractivity contribution < 1.29 is 33.3 Å². The van der Waals surface area contributed by atoms with E-state index in [9.17, 15) is 14.4 Å². The quantitative estimate of drug-likeness (QED) is 0.174. The van der Waals surface area contributed by atoms with Crippen LogP contribution < -0.4 is 24.7 Å². The monoisotopic (exact) mass is 739 g/mol. The van der Waals surface area contributed by atoms with Gasteiger partial charge in [-0.2, -0.15) is 0 Å². The Morgan fingerprint density at radius 1 is 0.815 bits per heavy atom. The second kappa shape index (κ2) is 16.6. The Labute approximate surface area is 315 Å². The number of imide groups is 1. The first-order valence-electron chi connectivity index (χ1n) is 18.8. The number of rotatable bonds is 14. The maximum Gasteiger partial charge on any atom is 0.261 e. The number of ether oxygens (including phenoxy) is 5. The number of hydrogen-bond donors (Lipinski definition) is 0. The lowest BCUT2D eigenvalue weighted by atomic mass is 10.0. The zero-order chi connectivity index (χ0) is 37.8. The van der Waals surface area contributed by atoms with Crippen molar-refractivity contribution in [1.82, 2.24) is 19.4 Å². The molecule has 4 heterocycles. The van der Waals surface area contributed by atoms with Crippen LogP contribution in [0.5, 0.6) is 17.2 Å². The zero-order valence-corrected chi connectivity index (χ0v) is 31.5. The molecule has 1 unspecified atom stereocenters. The van der Waals surface area contributed by atoms with E-state index in [2.05, 4.69) is 23.6 Å². The molecule has 286 valence electrons. The number of anilines is 1. The summed E-state index contributed by atoms with van der Waals surface area (Å²) in [6.07, 6.45) is 0.826. The largest absolute Gasteiger partial charge is 0.493 e. The number of fused-ring (bicyclic) bond motifs is 2. The maximum atomic E-state index is 14.2. The number of amides is 2. The van der Waals surface area contributed by atoms with Gasteiger partial charge in [0.1, 0.15) is 18.2 Å². The summed E-state index contributed by atoms with van der Waals surface area (Å²) in [5.41, 5.74) is 2.98. The minimum Gasteiger partial charge on any atom is -0.493 e. The van der Waals surface area contributed by atoms with E-state index in [-0.39, 0.29) is 36.4 Å². The Bertz CT molecular complexity index is 2060. The average molecular weight is 740 g/mol. The van der Waals surface area contributed by atoms with Gasteiger partial charge in [0, 0.05) is 57.9 Å². The van der Waals surface area contributed by atoms with E-state index in [0.29, 0.717) is 90.4 Å². The molecule has 0 N–H and O–H groups in total. The molecule has 0 bridgehead atoms. The van der Waals surface area contributed by atoms with Gasteiger partial charge in [0.15, 0.2) is 11.5 Å². The molecule has 2 amide bonds. The van der Waals surface area contributed by atoms with Crippen LogP contribution >= 0.6 is 0 Å². The molecule has 13 nitrogen and oxygen atoms in total. The summed E-state index contributed by atoms with van der Waals surface area (Å²) in [7, 11) is 3.18. The van der Waals surface area contributed by atoms with Gasteiger partial charge in [-0.05, 0) is 66.4 Å². The van der Waals surface area contributed by atoms with E-state index in [4.69, 9.17) is 28.7 Å². The second-order valence-corrected chi connectivity index (χ2v) is 14.2. The SMILES string of the molecule is COc1ccc(CCn2c(CCN3C(=O)c4ccc(OCCN5CCOCC5)cc4C3=O)nc3cc(N4CCOC(C(C)C)C4)ccc3c2=O)cc1OC. The van der Waals surface area contributed by atoms with E-state index in [1.165, 1.54) is 4.90 Å². The first-order valence-corrected chi connectivity index (χ1v) is 18.8. The van der Waals surface area contributed by atoms with Gasteiger partial charge < -0.3 is 28.6 Å². The Balaban J connectivity index is 1.13. The number of morpholine rings is 2. The fourth-order valence-corrected chi connectivity index (χ4v) is 7.36. The number of carbonyl (C=O) groups is 2. The summed E-state index contributed by atoms with van der Waals surface area (Å²) in [4.78, 5) is 52.3. The topological polar surface area (TPSA) is 125 Å². The molecule has 0 radical (unpaired) electrons. The first kappa shape index (κ1) is 37.3. The highest BCUT2D eigenvalue weighted by molar-refractivity contribution is 6.21. The third-order valence-electron chi connectivity index (χ3n) is 10.6. The molecule has 1 aromatic heterocycles. The molecule has 3 aliphatic heterocycles. The fraction of sp³-hybridized carbons (Fsp3) is 0.463. The second-order valence-electron chi connectivity index (χ2n) is 14.2. The van der Waals surface area contributed by atoms with Crippen molar-refractivity contribution >= 4 is 28.4 Å². The summed E-state index contributed by atoms with van der Waals surface area (Å²) >= 11 is 0. The van der Waals surface area contributed by atoms with Gasteiger partial charge in [0.25, 0.3) is 17.4 Å². The van der Waals surface area contributed by atoms with E-state index >= 15 is 0 Å². The van der Waals surface area contributed by atoms with Gasteiger partial charge in [0.05, 0.1) is 62.2 Å². The summed E-state index contributed by atoms with van der Waals surface area (Å²) in [6.45, 7) is 11.2. The van der Waals surface area contributed by atoms with Gasteiger partial charge in [-0.25, -0.2) is 4.98 Å². The van der Waals surface area contributed by atoms with Crippen LogP contribution in [0.15, 0.2) is 59.4 Å². The molecule has 3 aromatic carbocycles. The Morgan fingerprint density at radius 2 is 1.61 bits per heavy atom. The van der Waals surface area contributed by atoms with E-state index in [1.54, 1.807) is 37.0 Å². The zero-order valence-electron chi connectivity index (χ0n) is 31.5. The van der Waals surface area contributed by atoms with Crippen molar-refractivity contribution in [2.45, 2.75) is 39.3 Å². The number of hydrogen-bond acceptors (Lipinski definition) is 11. The Hall–Kier alpha value is -4.98. The molecule has 1 atom stereocenters. The van der Waals surface area contributed by atoms with Crippen LogP contribution in [0.2, 0.25) is 0 Å². The van der Waals surface area contributed by atoms with Gasteiger partial charge in [-0.1, -0.05) is 19.9 Å². The standard InChI is InChI=1S/C41H49N5O8/c1-27(2)37-26-44(18-22-54-37)29-6-8-32-34(24-29)42-38(45(40(32)48)13-11-28-5-10-35(50-3)36(23-28)51-4)12-14-46-39(47)31-9-7-30(25-33(31)41(46)49)53-21-17-43-15-19-52-20-16-43/h5-10,23-25,27,37H,11-22,26H2,1-4H3. The Morgan fingerprint density at radius 3 is 2.39 bits per heavy atom. The summed E-state index contributed by atoms with van der Waals surface area (Å²) in [5.74, 6) is 1.88. The molecule has 3 aliphatic rings. The lowest BCUT2D eigenvalue weighted by Gasteiger charge is -2.36. The number of carbonyl (C=O) groups excluding carboxylic acids is 2. The maximum absolute atomic E-state index is 14.2. The van der Waals surface area contributed by atoms with Crippen LogP contribution in [0.4, 0.5) is 5.69 Å². The van der Waals surface area contributed by atoms with Crippen molar-refractivity contribution in [3.63, 3.8) is 0 Å². The molecule has 54 heavy (non-hydrogen) atoms. The predicted octanol–water partition coefficient (Wildman–Crippen LogP) is 4.07. The average Bonchev–Trinajstić information content (AvgIpc) is 3.43. The molecule has 0 saturated carbocycles. The molecule has 0 spiro atoms. The van der Waals surface area contributed by atoms with Crippen LogP contribution in [-0.2, 0) is 28.9 Å². The summed E-state index contributed by atoms with van der Waals surface area (Å²) in [6, 6.07) is 16.5. The smallest absolute Gasteiger partial charge is 0.261 e. The van der Waals surface area contributed by atoms with E-state index in [1.807, 2.05) is 36.4 Å². The van der Waals surface area contributed by atoms with Crippen LogP contribution in [0.25, 0.3) is 10.9 Å². The van der Waals surface area contributed by atoms with Crippen LogP contribution in [0.3, 0.4) is 0 Å². The Kier molecular flexibility index (Phi) is 11.5. The van der Waals surface area contributed by atoms with Crippen molar-refractivity contribution in [1.29, 1.82) is 0 Å². The van der Waals surface area contributed by atoms with Crippen molar-refractivity contribution in [2.75, 3.05) is 84.8 Å². The van der Waals surface area contributed by atoms with Gasteiger partial charge >= 0.3 is 0 Å². The normalized spacial score (nSPS) is 17.8. The fourth-order valence-electron chi connectivity index (χ4n) is 7.36. The molecule has 13 heteroatoms. The first-order chi connectivity index (χ1) is 26.2. The summed E-state index contributed by atoms with van der Waals surface area (Å²) in [5, 5.41) is 0.505. The van der Waals surface area contributed by atoms with E-state index < -0.39 is 0 Å². The molecule has 2 saturated heterocycles. The number of methoxy groups -OCH3 is 2. The third-order valence-corrected chi connectivity index (χ3v) is 10.6. The number of aryl methyl sites for hydroxylation is 1. The molecule has 4 aromatic rings. The van der Waals surface area contributed by atoms with Crippen LogP contribution in [0.1, 0.15) is 46.0 Å². The van der Waals surface area contributed by atoms with Crippen LogP contribution in [-0.4, -0.2) is 117 Å². The number of benzene rings is 3. The summed E-state index contributed by atoms with van der Waals surface area (Å²) < 4.78 is 30.0. The van der Waals surface area contributed by atoms with Crippen molar-refractivity contribution in [2.24, 2.45) is 5.92 Å². The van der Waals surface area contributed by atoms with Gasteiger partial charge in [0.2, 0.25) is 0 Å². The lowest BCUT2D eigenvalue weighted by molar-refractivity contribution is 0.0114. The number of aromatic nitrogens is 2. The van der Waals surface area contributed by atoms with Crippen molar-refractivity contribution in [3.8, 4) is 17.2 Å². The minimum absolute atomic E-state index is 0.0626.